The first-order valence-corrected chi connectivity index (χ1v) is 10.0. The zero-order chi connectivity index (χ0) is 23.2. The zero-order valence-electron chi connectivity index (χ0n) is 17.5. The third-order valence-electron chi connectivity index (χ3n) is 5.73. The van der Waals surface area contributed by atoms with Gasteiger partial charge in [0.15, 0.2) is 0 Å². The van der Waals surface area contributed by atoms with Gasteiger partial charge in [0.1, 0.15) is 11.4 Å². The third-order valence-corrected chi connectivity index (χ3v) is 5.73. The van der Waals surface area contributed by atoms with E-state index in [0.717, 1.165) is 34.2 Å². The van der Waals surface area contributed by atoms with Gasteiger partial charge in [0.25, 0.3) is 11.6 Å². The molecule has 0 unspecified atom stereocenters. The number of amides is 1. The molecule has 0 radical (unpaired) electrons. The number of anilines is 1. The minimum Gasteiger partial charge on any atom is -0.362 e. The molecule has 1 aromatic heterocycles. The van der Waals surface area contributed by atoms with Crippen LogP contribution in [-0.2, 0) is 6.18 Å². The number of fused-ring (bicyclic) bond motifs is 1. The van der Waals surface area contributed by atoms with Gasteiger partial charge < -0.3 is 14.8 Å². The lowest BCUT2D eigenvalue weighted by Gasteiger charge is -2.35. The summed E-state index contributed by atoms with van der Waals surface area (Å²) in [6, 6.07) is 8.36. The average Bonchev–Trinajstić information content (AvgIpc) is 3.16. The fraction of sp³-hybridized carbons (Fsp3) is 0.318. The van der Waals surface area contributed by atoms with Crippen molar-refractivity contribution in [2.75, 3.05) is 31.1 Å². The van der Waals surface area contributed by atoms with E-state index in [1.54, 1.807) is 9.80 Å². The molecule has 1 saturated heterocycles. The van der Waals surface area contributed by atoms with Crippen molar-refractivity contribution >= 4 is 28.2 Å². The first kappa shape index (κ1) is 21.7. The normalized spacial score (nSPS) is 14.8. The van der Waals surface area contributed by atoms with Gasteiger partial charge in [0.05, 0.1) is 10.5 Å². The molecule has 2 aromatic carbocycles. The number of aryl methyl sites for hydroxylation is 2. The van der Waals surface area contributed by atoms with Gasteiger partial charge in [-0.05, 0) is 49.2 Å². The molecule has 3 aromatic rings. The summed E-state index contributed by atoms with van der Waals surface area (Å²) in [7, 11) is 0. The highest BCUT2D eigenvalue weighted by molar-refractivity contribution is 5.99. The first-order valence-electron chi connectivity index (χ1n) is 10.0. The maximum absolute atomic E-state index is 13.0. The van der Waals surface area contributed by atoms with E-state index >= 15 is 0 Å². The van der Waals surface area contributed by atoms with Crippen LogP contribution in [0.3, 0.4) is 0 Å². The van der Waals surface area contributed by atoms with Crippen molar-refractivity contribution in [1.82, 2.24) is 9.88 Å². The molecule has 1 aliphatic rings. The van der Waals surface area contributed by atoms with E-state index in [0.29, 0.717) is 24.8 Å². The summed E-state index contributed by atoms with van der Waals surface area (Å²) in [6.45, 7) is 5.10. The molecule has 10 heteroatoms. The summed E-state index contributed by atoms with van der Waals surface area (Å²) in [5.41, 5.74) is 1.95. The number of nitrogens with one attached hydrogen (secondary N) is 1. The van der Waals surface area contributed by atoms with Crippen molar-refractivity contribution in [2.24, 2.45) is 0 Å². The average molecular weight is 446 g/mol. The summed E-state index contributed by atoms with van der Waals surface area (Å²) in [6.07, 6.45) is -4.66. The van der Waals surface area contributed by atoms with Crippen LogP contribution in [0.1, 0.15) is 27.2 Å². The number of piperazine rings is 1. The van der Waals surface area contributed by atoms with E-state index in [9.17, 15) is 28.1 Å². The van der Waals surface area contributed by atoms with Gasteiger partial charge >= 0.3 is 6.18 Å². The number of hydrogen-bond acceptors (Lipinski definition) is 4. The van der Waals surface area contributed by atoms with E-state index in [-0.39, 0.29) is 24.7 Å². The number of hydrogen-bond donors (Lipinski definition) is 1. The van der Waals surface area contributed by atoms with Gasteiger partial charge in [-0.3, -0.25) is 14.9 Å². The second-order valence-electron chi connectivity index (χ2n) is 7.96. The Morgan fingerprint density at radius 1 is 1.06 bits per heavy atom. The van der Waals surface area contributed by atoms with Gasteiger partial charge in [0, 0.05) is 43.1 Å². The summed E-state index contributed by atoms with van der Waals surface area (Å²) < 4.78 is 38.8. The van der Waals surface area contributed by atoms with Crippen LogP contribution in [0.2, 0.25) is 0 Å². The molecule has 1 fully saturated rings. The Balaban J connectivity index is 1.51. The number of aromatic nitrogens is 1. The number of nitro benzene ring substituents is 1. The van der Waals surface area contributed by atoms with Crippen LogP contribution in [0, 0.1) is 24.0 Å². The van der Waals surface area contributed by atoms with Crippen molar-refractivity contribution in [1.29, 1.82) is 0 Å². The number of nitro groups is 1. The van der Waals surface area contributed by atoms with Gasteiger partial charge in [-0.25, -0.2) is 0 Å². The molecular formula is C22H21F3N4O3. The van der Waals surface area contributed by atoms with Crippen LogP contribution in [0.4, 0.5) is 24.5 Å². The van der Waals surface area contributed by atoms with Gasteiger partial charge in [-0.2, -0.15) is 13.2 Å². The highest BCUT2D eigenvalue weighted by atomic mass is 19.4. The number of benzene rings is 2. The molecule has 0 aliphatic carbocycles. The molecule has 1 aliphatic heterocycles. The predicted octanol–water partition coefficient (Wildman–Crippen LogP) is 4.67. The second kappa shape index (κ2) is 7.85. The lowest BCUT2D eigenvalue weighted by molar-refractivity contribution is -0.384. The number of carbonyl (C=O) groups is 1. The summed E-state index contributed by atoms with van der Waals surface area (Å²) in [4.78, 5) is 30.0. The number of halogens is 3. The van der Waals surface area contributed by atoms with Crippen LogP contribution >= 0.6 is 0 Å². The van der Waals surface area contributed by atoms with E-state index in [2.05, 4.69) is 4.98 Å². The number of carbonyl (C=O) groups excluding carboxylic acids is 1. The number of aromatic amines is 1. The topological polar surface area (TPSA) is 82.5 Å². The molecule has 0 bridgehead atoms. The lowest BCUT2D eigenvalue weighted by atomic mass is 10.1. The van der Waals surface area contributed by atoms with Gasteiger partial charge in [-0.15, -0.1) is 0 Å². The summed E-state index contributed by atoms with van der Waals surface area (Å²) in [5.74, 6) is -0.181. The quantitative estimate of drug-likeness (QED) is 0.468. The number of nitrogens with zero attached hydrogens (tertiary/aromatic N) is 3. The molecule has 1 amide bonds. The molecule has 32 heavy (non-hydrogen) atoms. The Morgan fingerprint density at radius 2 is 1.75 bits per heavy atom. The Bertz CT molecular complexity index is 1210. The van der Waals surface area contributed by atoms with Crippen LogP contribution in [0.25, 0.3) is 10.9 Å². The highest BCUT2D eigenvalue weighted by Crippen LogP contribution is 2.37. The van der Waals surface area contributed by atoms with Crippen LogP contribution in [-0.4, -0.2) is 46.9 Å². The molecule has 7 nitrogen and oxygen atoms in total. The van der Waals surface area contributed by atoms with E-state index in [1.807, 2.05) is 32.0 Å². The van der Waals surface area contributed by atoms with E-state index < -0.39 is 22.4 Å². The van der Waals surface area contributed by atoms with Crippen molar-refractivity contribution in [3.8, 4) is 0 Å². The summed E-state index contributed by atoms with van der Waals surface area (Å²) in [5, 5.41) is 12.4. The molecule has 0 spiro atoms. The fourth-order valence-electron chi connectivity index (χ4n) is 4.15. The van der Waals surface area contributed by atoms with Crippen LogP contribution in [0.5, 0.6) is 0 Å². The van der Waals surface area contributed by atoms with Crippen molar-refractivity contribution in [3.05, 3.63) is 68.9 Å². The summed E-state index contributed by atoms with van der Waals surface area (Å²) >= 11 is 0. The van der Waals surface area contributed by atoms with Crippen molar-refractivity contribution in [3.63, 3.8) is 0 Å². The molecule has 2 heterocycles. The Labute approximate surface area is 181 Å². The SMILES string of the molecule is Cc1cc(C)c2cc(C(=O)N3CCN(c4ccc(C(F)(F)F)cc4[N+](=O)[O-])CC3)[nH]c2c1. The monoisotopic (exact) mass is 446 g/mol. The molecule has 0 saturated carbocycles. The zero-order valence-corrected chi connectivity index (χ0v) is 17.5. The second-order valence-corrected chi connectivity index (χ2v) is 7.96. The first-order chi connectivity index (χ1) is 15.0. The van der Waals surface area contributed by atoms with Crippen molar-refractivity contribution < 1.29 is 22.9 Å². The largest absolute Gasteiger partial charge is 0.416 e. The minimum atomic E-state index is -4.66. The molecule has 168 valence electrons. The smallest absolute Gasteiger partial charge is 0.362 e. The maximum Gasteiger partial charge on any atom is 0.416 e. The van der Waals surface area contributed by atoms with Crippen LogP contribution in [0.15, 0.2) is 36.4 Å². The Kier molecular flexibility index (Phi) is 5.31. The van der Waals surface area contributed by atoms with Crippen molar-refractivity contribution in [2.45, 2.75) is 20.0 Å². The Hall–Kier alpha value is -3.56. The molecule has 1 N–H and O–H groups in total. The van der Waals surface area contributed by atoms with Crippen LogP contribution < -0.4 is 4.90 Å². The highest BCUT2D eigenvalue weighted by Gasteiger charge is 2.34. The van der Waals surface area contributed by atoms with Gasteiger partial charge in [-0.1, -0.05) is 6.07 Å². The maximum atomic E-state index is 13.0. The number of rotatable bonds is 3. The fourth-order valence-corrected chi connectivity index (χ4v) is 4.15. The Morgan fingerprint density at radius 3 is 2.38 bits per heavy atom. The standard InChI is InChI=1S/C22H21F3N4O3/c1-13-9-14(2)16-12-18(26-17(16)10-13)21(30)28-7-5-27(6-8-28)19-4-3-15(22(23,24)25)11-20(19)29(31)32/h3-4,9-12,26H,5-8H2,1-2H3. The molecule has 4 rings (SSSR count). The lowest BCUT2D eigenvalue weighted by Crippen LogP contribution is -2.49. The molecule has 0 atom stereocenters. The molecular weight excluding hydrogens is 425 g/mol. The third kappa shape index (κ3) is 4.00. The number of H-pyrrole nitrogens is 1. The minimum absolute atomic E-state index is 0.117. The predicted molar refractivity (Wildman–Crippen MR) is 114 cm³/mol. The van der Waals surface area contributed by atoms with Gasteiger partial charge in [0.2, 0.25) is 0 Å². The van der Waals surface area contributed by atoms with E-state index in [1.165, 1.54) is 0 Å². The van der Waals surface area contributed by atoms with E-state index in [4.69, 9.17) is 0 Å². The number of alkyl halides is 3.